The van der Waals surface area contributed by atoms with Gasteiger partial charge >= 0.3 is 0 Å². The summed E-state index contributed by atoms with van der Waals surface area (Å²) in [6.07, 6.45) is 6.78. The monoisotopic (exact) mass is 436 g/mol. The molecule has 0 saturated heterocycles. The van der Waals surface area contributed by atoms with Crippen LogP contribution in [0.25, 0.3) is 0 Å². The van der Waals surface area contributed by atoms with Crippen molar-refractivity contribution in [1.82, 2.24) is 15.8 Å². The lowest BCUT2D eigenvalue weighted by atomic mass is 9.95. The molecule has 32 heavy (non-hydrogen) atoms. The van der Waals surface area contributed by atoms with Gasteiger partial charge < -0.3 is 15.7 Å². The van der Waals surface area contributed by atoms with Gasteiger partial charge in [0.1, 0.15) is 11.9 Å². The third-order valence-electron chi connectivity index (χ3n) is 5.38. The Hall–Kier alpha value is -3.41. The molecule has 0 aliphatic heterocycles. The van der Waals surface area contributed by atoms with Gasteiger partial charge in [0.2, 0.25) is 0 Å². The van der Waals surface area contributed by atoms with Gasteiger partial charge in [-0.1, -0.05) is 31.1 Å². The Morgan fingerprint density at radius 1 is 1.03 bits per heavy atom. The van der Waals surface area contributed by atoms with Crippen molar-refractivity contribution >= 4 is 17.6 Å². The molecule has 1 aliphatic carbocycles. The first-order chi connectivity index (χ1) is 15.5. The van der Waals surface area contributed by atoms with E-state index in [2.05, 4.69) is 27.5 Å². The van der Waals surface area contributed by atoms with Crippen LogP contribution in [-0.4, -0.2) is 45.3 Å². The predicted octanol–water partition coefficient (Wildman–Crippen LogP) is 2.21. The van der Waals surface area contributed by atoms with Gasteiger partial charge in [-0.3, -0.25) is 14.8 Å². The molecule has 2 amide bonds. The summed E-state index contributed by atoms with van der Waals surface area (Å²) in [4.78, 5) is 28.3. The van der Waals surface area contributed by atoms with Crippen LogP contribution >= 0.6 is 0 Å². The molecule has 1 fully saturated rings. The second-order valence-corrected chi connectivity index (χ2v) is 7.91. The molecule has 1 heterocycles. The first kappa shape index (κ1) is 23.3. The number of anilines is 1. The minimum Gasteiger partial charge on any atom is -0.391 e. The SMILES string of the molecule is C[C@@H](O)[C@H](NC(=O)c1ccc(C#Cc2ccc(NC3CCCCC3)nc2)cc1)C(=O)NO. The maximum absolute atomic E-state index is 12.3. The zero-order valence-electron chi connectivity index (χ0n) is 18.0. The molecule has 168 valence electrons. The molecule has 2 aromatic rings. The molecule has 1 saturated carbocycles. The summed E-state index contributed by atoms with van der Waals surface area (Å²) in [5.41, 5.74) is 3.23. The maximum Gasteiger partial charge on any atom is 0.268 e. The molecular formula is C24H28N4O4. The summed E-state index contributed by atoms with van der Waals surface area (Å²) in [6, 6.07) is 9.63. The molecule has 1 aromatic carbocycles. The highest BCUT2D eigenvalue weighted by molar-refractivity contribution is 5.97. The van der Waals surface area contributed by atoms with Crippen molar-refractivity contribution in [2.45, 2.75) is 57.2 Å². The van der Waals surface area contributed by atoms with Crippen LogP contribution in [0.4, 0.5) is 5.82 Å². The van der Waals surface area contributed by atoms with Crippen LogP contribution in [0, 0.1) is 11.8 Å². The average molecular weight is 437 g/mol. The third kappa shape index (κ3) is 6.54. The predicted molar refractivity (Wildman–Crippen MR) is 120 cm³/mol. The van der Waals surface area contributed by atoms with Gasteiger partial charge in [-0.15, -0.1) is 0 Å². The van der Waals surface area contributed by atoms with Crippen molar-refractivity contribution in [2.24, 2.45) is 0 Å². The molecule has 3 rings (SSSR count). The highest BCUT2D eigenvalue weighted by Gasteiger charge is 2.25. The lowest BCUT2D eigenvalue weighted by Crippen LogP contribution is -2.51. The summed E-state index contributed by atoms with van der Waals surface area (Å²) in [5.74, 6) is 5.50. The number of aliphatic hydroxyl groups is 1. The smallest absolute Gasteiger partial charge is 0.268 e. The zero-order chi connectivity index (χ0) is 22.9. The van der Waals surface area contributed by atoms with Gasteiger partial charge in [0, 0.05) is 28.9 Å². The van der Waals surface area contributed by atoms with Crippen LogP contribution in [0.1, 0.15) is 60.5 Å². The minimum atomic E-state index is -1.27. The van der Waals surface area contributed by atoms with Gasteiger partial charge in [0.15, 0.2) is 0 Å². The molecule has 0 radical (unpaired) electrons. The van der Waals surface area contributed by atoms with Crippen LogP contribution in [0.2, 0.25) is 0 Å². The molecular weight excluding hydrogens is 408 g/mol. The highest BCUT2D eigenvalue weighted by Crippen LogP contribution is 2.20. The molecule has 8 nitrogen and oxygen atoms in total. The molecule has 5 N–H and O–H groups in total. The van der Waals surface area contributed by atoms with E-state index in [1.54, 1.807) is 30.5 Å². The standard InChI is InChI=1S/C24H28N4O4/c1-16(29)22(24(31)28-32)27-23(30)19-12-9-17(10-13-19)7-8-18-11-14-21(25-15-18)26-20-5-3-2-4-6-20/h9-16,20,22,29,32H,2-6H2,1H3,(H,25,26)(H,27,30)(H,28,31)/t16-,22+/m1/s1. The summed E-state index contributed by atoms with van der Waals surface area (Å²) < 4.78 is 0. The molecule has 1 aromatic heterocycles. The van der Waals surface area contributed by atoms with Crippen molar-refractivity contribution < 1.29 is 19.9 Å². The fraction of sp³-hybridized carbons (Fsp3) is 0.375. The van der Waals surface area contributed by atoms with E-state index in [1.165, 1.54) is 44.5 Å². The molecule has 0 bridgehead atoms. The molecule has 2 atom stereocenters. The van der Waals surface area contributed by atoms with Crippen molar-refractivity contribution in [2.75, 3.05) is 5.32 Å². The Kier molecular flexibility index (Phi) is 8.20. The number of amides is 2. The Labute approximate surface area is 187 Å². The van der Waals surface area contributed by atoms with Gasteiger partial charge in [-0.2, -0.15) is 0 Å². The number of carbonyl (C=O) groups is 2. The van der Waals surface area contributed by atoms with Gasteiger partial charge in [0.05, 0.1) is 6.10 Å². The Bertz CT molecular complexity index is 972. The number of carbonyl (C=O) groups excluding carboxylic acids is 2. The van der Waals surface area contributed by atoms with Crippen molar-refractivity contribution in [3.8, 4) is 11.8 Å². The normalized spacial score (nSPS) is 15.6. The van der Waals surface area contributed by atoms with Crippen molar-refractivity contribution in [1.29, 1.82) is 0 Å². The number of rotatable bonds is 6. The Morgan fingerprint density at radius 3 is 2.28 bits per heavy atom. The number of nitrogens with one attached hydrogen (secondary N) is 3. The molecule has 1 aliphatic rings. The zero-order valence-corrected chi connectivity index (χ0v) is 18.0. The van der Waals surface area contributed by atoms with Gasteiger partial charge in [-0.05, 0) is 56.2 Å². The topological polar surface area (TPSA) is 124 Å². The maximum atomic E-state index is 12.3. The van der Waals surface area contributed by atoms with Crippen molar-refractivity contribution in [3.63, 3.8) is 0 Å². The van der Waals surface area contributed by atoms with Crippen molar-refractivity contribution in [3.05, 3.63) is 59.3 Å². The Morgan fingerprint density at radius 2 is 1.69 bits per heavy atom. The number of hydrogen-bond acceptors (Lipinski definition) is 6. The lowest BCUT2D eigenvalue weighted by Gasteiger charge is -2.23. The largest absolute Gasteiger partial charge is 0.391 e. The number of nitrogens with zero attached hydrogens (tertiary/aromatic N) is 1. The lowest BCUT2D eigenvalue weighted by molar-refractivity contribution is -0.133. The summed E-state index contributed by atoms with van der Waals surface area (Å²) in [6.45, 7) is 1.34. The number of pyridine rings is 1. The number of hydrogen-bond donors (Lipinski definition) is 5. The number of aromatic nitrogens is 1. The van der Waals surface area contributed by atoms with Crippen LogP contribution in [0.5, 0.6) is 0 Å². The van der Waals surface area contributed by atoms with E-state index in [0.29, 0.717) is 17.2 Å². The fourth-order valence-electron chi connectivity index (χ4n) is 3.56. The number of hydroxylamine groups is 1. The van der Waals surface area contributed by atoms with E-state index in [9.17, 15) is 14.7 Å². The van der Waals surface area contributed by atoms with Gasteiger partial charge in [0.25, 0.3) is 11.8 Å². The first-order valence-electron chi connectivity index (χ1n) is 10.7. The van der Waals surface area contributed by atoms with E-state index in [0.717, 1.165) is 11.4 Å². The molecule has 0 spiro atoms. The number of benzene rings is 1. The second-order valence-electron chi connectivity index (χ2n) is 7.91. The fourth-order valence-corrected chi connectivity index (χ4v) is 3.56. The van der Waals surface area contributed by atoms with E-state index < -0.39 is 24.0 Å². The van der Waals surface area contributed by atoms with E-state index >= 15 is 0 Å². The summed E-state index contributed by atoms with van der Waals surface area (Å²) in [5, 5.41) is 24.2. The van der Waals surface area contributed by atoms with E-state index in [-0.39, 0.29) is 0 Å². The molecule has 0 unspecified atom stereocenters. The highest BCUT2D eigenvalue weighted by atomic mass is 16.5. The Balaban J connectivity index is 1.58. The van der Waals surface area contributed by atoms with E-state index in [1.807, 2.05) is 12.1 Å². The number of aliphatic hydroxyl groups excluding tert-OH is 1. The average Bonchev–Trinajstić information content (AvgIpc) is 2.82. The third-order valence-corrected chi connectivity index (χ3v) is 5.38. The van der Waals surface area contributed by atoms with E-state index in [4.69, 9.17) is 5.21 Å². The van der Waals surface area contributed by atoms with Crippen LogP contribution in [0.3, 0.4) is 0 Å². The van der Waals surface area contributed by atoms with Crippen LogP contribution < -0.4 is 16.1 Å². The van der Waals surface area contributed by atoms with Crippen LogP contribution in [0.15, 0.2) is 42.6 Å². The van der Waals surface area contributed by atoms with Crippen LogP contribution in [-0.2, 0) is 4.79 Å². The minimum absolute atomic E-state index is 0.298. The summed E-state index contributed by atoms with van der Waals surface area (Å²) in [7, 11) is 0. The molecule has 8 heteroatoms. The second kappa shape index (κ2) is 11.3. The first-order valence-corrected chi connectivity index (χ1v) is 10.7. The summed E-state index contributed by atoms with van der Waals surface area (Å²) >= 11 is 0. The quantitative estimate of drug-likeness (QED) is 0.269. The van der Waals surface area contributed by atoms with Gasteiger partial charge in [-0.25, -0.2) is 10.5 Å².